The molecule has 0 bridgehead atoms. The quantitative estimate of drug-likeness (QED) is 0.429. The number of aromatic nitrogens is 2. The Labute approximate surface area is 121 Å². The second kappa shape index (κ2) is 7.58. The number of hydrogen-bond donors (Lipinski definition) is 3. The summed E-state index contributed by atoms with van der Waals surface area (Å²) in [6.07, 6.45) is 3.59. The monoisotopic (exact) mass is 304 g/mol. The first kappa shape index (κ1) is 16.9. The van der Waals surface area contributed by atoms with Crippen LogP contribution in [0, 0.1) is 10.1 Å². The molecule has 0 aliphatic rings. The Kier molecular flexibility index (Phi) is 6.40. The summed E-state index contributed by atoms with van der Waals surface area (Å²) < 4.78 is 1.32. The Bertz CT molecular complexity index is 438. The lowest BCUT2D eigenvalue weighted by Crippen LogP contribution is -2.43. The Morgan fingerprint density at radius 2 is 2.40 bits per heavy atom. The molecule has 8 nitrogen and oxygen atoms in total. The van der Waals surface area contributed by atoms with E-state index in [1.165, 1.54) is 10.9 Å². The SMILES string of the molecule is CSCC(C)(O)CNCC(O)Cn1cc([N+](=O)[O-])cn1. The topological polar surface area (TPSA) is 113 Å². The number of nitrogens with one attached hydrogen (secondary N) is 1. The average molecular weight is 304 g/mol. The zero-order valence-electron chi connectivity index (χ0n) is 11.5. The Morgan fingerprint density at radius 1 is 1.70 bits per heavy atom. The van der Waals surface area contributed by atoms with Gasteiger partial charge in [-0.1, -0.05) is 0 Å². The van der Waals surface area contributed by atoms with Crippen molar-refractivity contribution in [2.75, 3.05) is 25.1 Å². The third kappa shape index (κ3) is 5.87. The molecule has 0 saturated heterocycles. The predicted molar refractivity (Wildman–Crippen MR) is 76.8 cm³/mol. The molecule has 0 radical (unpaired) electrons. The molecule has 1 heterocycles. The first-order chi connectivity index (χ1) is 9.34. The maximum atomic E-state index is 10.5. The van der Waals surface area contributed by atoms with Crippen LogP contribution in [0.2, 0.25) is 0 Å². The van der Waals surface area contributed by atoms with Crippen LogP contribution >= 0.6 is 11.8 Å². The van der Waals surface area contributed by atoms with Gasteiger partial charge in [-0.15, -0.1) is 0 Å². The highest BCUT2D eigenvalue weighted by atomic mass is 32.2. The van der Waals surface area contributed by atoms with Crippen molar-refractivity contribution in [2.24, 2.45) is 0 Å². The van der Waals surface area contributed by atoms with Crippen molar-refractivity contribution in [1.82, 2.24) is 15.1 Å². The van der Waals surface area contributed by atoms with E-state index in [9.17, 15) is 20.3 Å². The van der Waals surface area contributed by atoms with Crippen LogP contribution in [0.15, 0.2) is 12.4 Å². The van der Waals surface area contributed by atoms with E-state index in [0.717, 1.165) is 6.20 Å². The van der Waals surface area contributed by atoms with E-state index in [-0.39, 0.29) is 18.8 Å². The minimum absolute atomic E-state index is 0.104. The van der Waals surface area contributed by atoms with Gasteiger partial charge in [-0.2, -0.15) is 16.9 Å². The highest BCUT2D eigenvalue weighted by Gasteiger charge is 2.19. The minimum Gasteiger partial charge on any atom is -0.390 e. The molecule has 0 aliphatic heterocycles. The number of rotatable bonds is 9. The molecule has 114 valence electrons. The second-order valence-corrected chi connectivity index (χ2v) is 5.76. The van der Waals surface area contributed by atoms with Gasteiger partial charge in [0.05, 0.1) is 23.2 Å². The van der Waals surface area contributed by atoms with Gasteiger partial charge in [-0.05, 0) is 13.2 Å². The smallest absolute Gasteiger partial charge is 0.306 e. The summed E-state index contributed by atoms with van der Waals surface area (Å²) in [4.78, 5) is 9.96. The number of hydrogen-bond acceptors (Lipinski definition) is 7. The van der Waals surface area contributed by atoms with Gasteiger partial charge in [-0.3, -0.25) is 14.8 Å². The van der Waals surface area contributed by atoms with Crippen LogP contribution in [-0.2, 0) is 6.54 Å². The van der Waals surface area contributed by atoms with Crippen molar-refractivity contribution >= 4 is 17.4 Å². The van der Waals surface area contributed by atoms with Crippen LogP contribution in [0.1, 0.15) is 6.92 Å². The lowest BCUT2D eigenvalue weighted by atomic mass is 10.1. The van der Waals surface area contributed by atoms with E-state index in [1.807, 2.05) is 6.26 Å². The van der Waals surface area contributed by atoms with Crippen LogP contribution in [-0.4, -0.2) is 61.7 Å². The van der Waals surface area contributed by atoms with E-state index in [1.54, 1.807) is 18.7 Å². The Balaban J connectivity index is 2.32. The molecule has 2 unspecified atom stereocenters. The zero-order chi connectivity index (χ0) is 15.2. The summed E-state index contributed by atoms with van der Waals surface area (Å²) in [5, 5.41) is 37.0. The zero-order valence-corrected chi connectivity index (χ0v) is 12.3. The van der Waals surface area contributed by atoms with Gasteiger partial charge in [0.2, 0.25) is 0 Å². The van der Waals surface area contributed by atoms with E-state index < -0.39 is 16.6 Å². The Morgan fingerprint density at radius 3 is 2.95 bits per heavy atom. The van der Waals surface area contributed by atoms with Gasteiger partial charge in [0.25, 0.3) is 0 Å². The largest absolute Gasteiger partial charge is 0.390 e. The van der Waals surface area contributed by atoms with Gasteiger partial charge in [-0.25, -0.2) is 0 Å². The fraction of sp³-hybridized carbons (Fsp3) is 0.727. The molecule has 3 N–H and O–H groups in total. The first-order valence-corrected chi connectivity index (χ1v) is 7.50. The lowest BCUT2D eigenvalue weighted by molar-refractivity contribution is -0.385. The van der Waals surface area contributed by atoms with Crippen molar-refractivity contribution in [3.63, 3.8) is 0 Å². The molecule has 9 heteroatoms. The van der Waals surface area contributed by atoms with Crippen molar-refractivity contribution in [1.29, 1.82) is 0 Å². The maximum absolute atomic E-state index is 10.5. The number of aliphatic hydroxyl groups is 2. The number of nitrogens with zero attached hydrogens (tertiary/aromatic N) is 3. The predicted octanol–water partition coefficient (Wildman–Crippen LogP) is -0.144. The normalized spacial score (nSPS) is 15.8. The summed E-state index contributed by atoms with van der Waals surface area (Å²) in [5.41, 5.74) is -0.933. The van der Waals surface area contributed by atoms with Crippen LogP contribution in [0.3, 0.4) is 0 Å². The molecule has 0 amide bonds. The third-order valence-electron chi connectivity index (χ3n) is 2.57. The van der Waals surface area contributed by atoms with Crippen molar-refractivity contribution < 1.29 is 15.1 Å². The van der Waals surface area contributed by atoms with E-state index in [2.05, 4.69) is 10.4 Å². The summed E-state index contributed by atoms with van der Waals surface area (Å²) >= 11 is 1.55. The number of nitro groups is 1. The molecule has 0 aliphatic carbocycles. The summed E-state index contributed by atoms with van der Waals surface area (Å²) in [5.74, 6) is 0.599. The van der Waals surface area contributed by atoms with Crippen LogP contribution in [0.5, 0.6) is 0 Å². The number of aliphatic hydroxyl groups excluding tert-OH is 1. The van der Waals surface area contributed by atoms with Gasteiger partial charge in [0.15, 0.2) is 0 Å². The number of thioether (sulfide) groups is 1. The van der Waals surface area contributed by atoms with Crippen LogP contribution in [0.25, 0.3) is 0 Å². The fourth-order valence-electron chi connectivity index (χ4n) is 1.70. The first-order valence-electron chi connectivity index (χ1n) is 6.11. The van der Waals surface area contributed by atoms with Gasteiger partial charge >= 0.3 is 5.69 Å². The van der Waals surface area contributed by atoms with E-state index in [4.69, 9.17) is 0 Å². The summed E-state index contributed by atoms with van der Waals surface area (Å²) in [6, 6.07) is 0. The van der Waals surface area contributed by atoms with Crippen LogP contribution < -0.4 is 5.32 Å². The van der Waals surface area contributed by atoms with Crippen molar-refractivity contribution in [2.45, 2.75) is 25.2 Å². The maximum Gasteiger partial charge on any atom is 0.306 e. The van der Waals surface area contributed by atoms with E-state index in [0.29, 0.717) is 12.3 Å². The lowest BCUT2D eigenvalue weighted by Gasteiger charge is -2.23. The molecule has 0 spiro atoms. The molecule has 0 saturated carbocycles. The minimum atomic E-state index is -0.830. The van der Waals surface area contributed by atoms with Gasteiger partial charge < -0.3 is 15.5 Å². The standard InChI is InChI=1S/C11H20N4O4S/c1-11(17,8-20-2)7-12-4-10(16)6-14-5-9(3-13-14)15(18)19/h3,5,10,12,16-17H,4,6-8H2,1-2H3. The summed E-state index contributed by atoms with van der Waals surface area (Å²) in [7, 11) is 0. The molecule has 1 rings (SSSR count). The molecule has 0 aromatic carbocycles. The van der Waals surface area contributed by atoms with E-state index >= 15 is 0 Å². The highest BCUT2D eigenvalue weighted by molar-refractivity contribution is 7.98. The molecular weight excluding hydrogens is 284 g/mol. The molecule has 0 fully saturated rings. The third-order valence-corrected chi connectivity index (χ3v) is 3.48. The molecule has 1 aromatic heterocycles. The van der Waals surface area contributed by atoms with Crippen molar-refractivity contribution in [3.8, 4) is 0 Å². The molecule has 20 heavy (non-hydrogen) atoms. The average Bonchev–Trinajstić information content (AvgIpc) is 2.77. The molecule has 2 atom stereocenters. The van der Waals surface area contributed by atoms with Crippen molar-refractivity contribution in [3.05, 3.63) is 22.5 Å². The van der Waals surface area contributed by atoms with Crippen LogP contribution in [0.4, 0.5) is 5.69 Å². The van der Waals surface area contributed by atoms with Gasteiger partial charge in [0.1, 0.15) is 12.4 Å². The van der Waals surface area contributed by atoms with Gasteiger partial charge in [0, 0.05) is 18.8 Å². The second-order valence-electron chi connectivity index (χ2n) is 4.89. The highest BCUT2D eigenvalue weighted by Crippen LogP contribution is 2.09. The Hall–Kier alpha value is -1.16. The fourth-order valence-corrected chi connectivity index (χ4v) is 2.42. The molecular formula is C11H20N4O4S. The summed E-state index contributed by atoms with van der Waals surface area (Å²) in [6.45, 7) is 2.52. The molecule has 1 aromatic rings.